The zero-order valence-electron chi connectivity index (χ0n) is 18.0. The van der Waals surface area contributed by atoms with Crippen LogP contribution in [0.5, 0.6) is 11.5 Å². The van der Waals surface area contributed by atoms with Crippen molar-refractivity contribution in [2.45, 2.75) is 61.3 Å². The summed E-state index contributed by atoms with van der Waals surface area (Å²) in [5.41, 5.74) is 10.1. The fourth-order valence-electron chi connectivity index (χ4n) is 4.11. The Morgan fingerprint density at radius 2 is 1.07 bits per heavy atom. The van der Waals surface area contributed by atoms with Crippen molar-refractivity contribution < 1.29 is 9.47 Å². The summed E-state index contributed by atoms with van der Waals surface area (Å²) in [6.07, 6.45) is 0. The second-order valence-electron chi connectivity index (χ2n) is 7.28. The molecule has 0 saturated carbocycles. The van der Waals surface area contributed by atoms with Gasteiger partial charge in [-0.3, -0.25) is 0 Å². The SMILES string of the molecule is CCOc1cc(C)c(C(CCl)c2c(C)cc(OCC)c(C)c2C)c(C)c1C. The maximum atomic E-state index is 6.57. The van der Waals surface area contributed by atoms with Gasteiger partial charge in [0.2, 0.25) is 0 Å². The van der Waals surface area contributed by atoms with E-state index < -0.39 is 0 Å². The molecule has 0 aliphatic heterocycles. The third-order valence-electron chi connectivity index (χ3n) is 5.67. The first-order chi connectivity index (χ1) is 12.8. The lowest BCUT2D eigenvalue weighted by molar-refractivity contribution is 0.337. The first-order valence-corrected chi connectivity index (χ1v) is 10.3. The van der Waals surface area contributed by atoms with E-state index in [1.165, 1.54) is 44.5 Å². The van der Waals surface area contributed by atoms with E-state index in [2.05, 4.69) is 53.7 Å². The van der Waals surface area contributed by atoms with Gasteiger partial charge in [-0.25, -0.2) is 0 Å². The number of hydrogen-bond donors (Lipinski definition) is 0. The molecule has 0 heterocycles. The number of halogens is 1. The Kier molecular flexibility index (Phi) is 7.22. The molecule has 0 radical (unpaired) electrons. The van der Waals surface area contributed by atoms with Crippen LogP contribution in [0.15, 0.2) is 12.1 Å². The van der Waals surface area contributed by atoms with E-state index in [1.807, 2.05) is 13.8 Å². The molecule has 2 aromatic carbocycles. The number of alkyl halides is 1. The number of aryl methyl sites for hydroxylation is 2. The zero-order chi connectivity index (χ0) is 20.3. The second-order valence-corrected chi connectivity index (χ2v) is 7.59. The molecule has 27 heavy (non-hydrogen) atoms. The predicted molar refractivity (Wildman–Crippen MR) is 116 cm³/mol. The molecule has 3 heteroatoms. The van der Waals surface area contributed by atoms with Gasteiger partial charge in [0.15, 0.2) is 0 Å². The summed E-state index contributed by atoms with van der Waals surface area (Å²) < 4.78 is 11.7. The zero-order valence-corrected chi connectivity index (χ0v) is 18.8. The van der Waals surface area contributed by atoms with Crippen LogP contribution in [0.25, 0.3) is 0 Å². The normalized spacial score (nSPS) is 11.2. The fourth-order valence-corrected chi connectivity index (χ4v) is 4.42. The van der Waals surface area contributed by atoms with Crippen molar-refractivity contribution in [1.29, 1.82) is 0 Å². The minimum Gasteiger partial charge on any atom is -0.494 e. The summed E-state index contributed by atoms with van der Waals surface area (Å²) in [7, 11) is 0. The predicted octanol–water partition coefficient (Wildman–Crippen LogP) is 6.71. The van der Waals surface area contributed by atoms with Crippen LogP contribution in [0.4, 0.5) is 0 Å². The standard InChI is InChI=1S/C24H33ClO2/c1-9-26-21-11-14(3)23(18(7)16(21)5)20(13-25)24-15(4)12-22(27-10-2)17(6)19(24)8/h11-12,20H,9-10,13H2,1-8H3. The summed E-state index contributed by atoms with van der Waals surface area (Å²) in [5, 5.41) is 0. The quantitative estimate of drug-likeness (QED) is 0.491. The Labute approximate surface area is 169 Å². The summed E-state index contributed by atoms with van der Waals surface area (Å²) in [6, 6.07) is 4.32. The molecule has 0 saturated heterocycles. The van der Waals surface area contributed by atoms with Gasteiger partial charge in [0.05, 0.1) is 13.2 Å². The lowest BCUT2D eigenvalue weighted by atomic mass is 9.80. The van der Waals surface area contributed by atoms with Gasteiger partial charge in [-0.1, -0.05) is 0 Å². The van der Waals surface area contributed by atoms with Gasteiger partial charge in [0.1, 0.15) is 11.5 Å². The maximum absolute atomic E-state index is 6.57. The highest BCUT2D eigenvalue weighted by molar-refractivity contribution is 6.18. The number of hydrogen-bond acceptors (Lipinski definition) is 2. The minimum absolute atomic E-state index is 0.149. The van der Waals surface area contributed by atoms with Gasteiger partial charge in [0, 0.05) is 11.8 Å². The van der Waals surface area contributed by atoms with Gasteiger partial charge >= 0.3 is 0 Å². The third-order valence-corrected chi connectivity index (χ3v) is 5.98. The smallest absolute Gasteiger partial charge is 0.122 e. The highest BCUT2D eigenvalue weighted by Gasteiger charge is 2.25. The highest BCUT2D eigenvalue weighted by atomic mass is 35.5. The Morgan fingerprint density at radius 1 is 0.704 bits per heavy atom. The third kappa shape index (κ3) is 4.11. The molecule has 0 aliphatic rings. The largest absolute Gasteiger partial charge is 0.494 e. The van der Waals surface area contributed by atoms with E-state index >= 15 is 0 Å². The van der Waals surface area contributed by atoms with E-state index in [0.717, 1.165) is 11.5 Å². The average Bonchev–Trinajstić information content (AvgIpc) is 2.62. The molecule has 0 fully saturated rings. The summed E-state index contributed by atoms with van der Waals surface area (Å²) >= 11 is 6.57. The summed E-state index contributed by atoms with van der Waals surface area (Å²) in [6.45, 7) is 18.4. The minimum atomic E-state index is 0.149. The summed E-state index contributed by atoms with van der Waals surface area (Å²) in [4.78, 5) is 0. The second kappa shape index (κ2) is 9.01. The molecule has 2 aromatic rings. The van der Waals surface area contributed by atoms with Crippen molar-refractivity contribution >= 4 is 11.6 Å². The Bertz CT molecular complexity index is 757. The van der Waals surface area contributed by atoms with Crippen molar-refractivity contribution in [2.24, 2.45) is 0 Å². The Hall–Kier alpha value is -1.67. The van der Waals surface area contributed by atoms with Gasteiger partial charge < -0.3 is 9.47 Å². The van der Waals surface area contributed by atoms with Crippen molar-refractivity contribution in [3.05, 3.63) is 56.6 Å². The molecular weight excluding hydrogens is 356 g/mol. The van der Waals surface area contributed by atoms with Crippen LogP contribution in [0, 0.1) is 41.5 Å². The van der Waals surface area contributed by atoms with E-state index in [4.69, 9.17) is 21.1 Å². The molecular formula is C24H33ClO2. The monoisotopic (exact) mass is 388 g/mol. The van der Waals surface area contributed by atoms with Crippen molar-refractivity contribution in [2.75, 3.05) is 19.1 Å². The van der Waals surface area contributed by atoms with Gasteiger partial charge in [-0.2, -0.15) is 0 Å². The highest BCUT2D eigenvalue weighted by Crippen LogP contribution is 2.40. The van der Waals surface area contributed by atoms with Crippen LogP contribution in [0.1, 0.15) is 64.3 Å². The average molecular weight is 389 g/mol. The molecule has 0 aliphatic carbocycles. The van der Waals surface area contributed by atoms with E-state index in [1.54, 1.807) is 0 Å². The van der Waals surface area contributed by atoms with Crippen molar-refractivity contribution in [3.63, 3.8) is 0 Å². The number of ether oxygens (including phenoxy) is 2. The Balaban J connectivity index is 2.69. The van der Waals surface area contributed by atoms with Crippen LogP contribution in [-0.2, 0) is 0 Å². The van der Waals surface area contributed by atoms with E-state index in [0.29, 0.717) is 19.1 Å². The van der Waals surface area contributed by atoms with E-state index in [-0.39, 0.29) is 5.92 Å². The lowest BCUT2D eigenvalue weighted by Gasteiger charge is -2.27. The molecule has 0 bridgehead atoms. The Morgan fingerprint density at radius 3 is 1.37 bits per heavy atom. The summed E-state index contributed by atoms with van der Waals surface area (Å²) in [5.74, 6) is 2.64. The van der Waals surface area contributed by atoms with Crippen LogP contribution >= 0.6 is 11.6 Å². The maximum Gasteiger partial charge on any atom is 0.122 e. The van der Waals surface area contributed by atoms with Gasteiger partial charge in [0.25, 0.3) is 0 Å². The van der Waals surface area contributed by atoms with Crippen molar-refractivity contribution in [1.82, 2.24) is 0 Å². The molecule has 148 valence electrons. The van der Waals surface area contributed by atoms with Crippen LogP contribution < -0.4 is 9.47 Å². The number of rotatable bonds is 7. The van der Waals surface area contributed by atoms with Crippen LogP contribution in [0.3, 0.4) is 0 Å². The first-order valence-electron chi connectivity index (χ1n) is 9.81. The van der Waals surface area contributed by atoms with E-state index in [9.17, 15) is 0 Å². The number of benzene rings is 2. The van der Waals surface area contributed by atoms with Crippen LogP contribution in [-0.4, -0.2) is 19.1 Å². The first kappa shape index (κ1) is 21.6. The molecule has 0 atom stereocenters. The molecule has 0 aromatic heterocycles. The molecule has 0 spiro atoms. The lowest BCUT2D eigenvalue weighted by Crippen LogP contribution is -2.13. The topological polar surface area (TPSA) is 18.5 Å². The molecule has 0 unspecified atom stereocenters. The van der Waals surface area contributed by atoms with Gasteiger partial charge in [-0.05, 0) is 112 Å². The molecule has 2 rings (SSSR count). The van der Waals surface area contributed by atoms with Crippen LogP contribution in [0.2, 0.25) is 0 Å². The van der Waals surface area contributed by atoms with Gasteiger partial charge in [-0.15, -0.1) is 11.6 Å². The van der Waals surface area contributed by atoms with Crippen molar-refractivity contribution in [3.8, 4) is 11.5 Å². The molecule has 2 nitrogen and oxygen atoms in total. The molecule has 0 amide bonds. The molecule has 0 N–H and O–H groups in total. The fraction of sp³-hybridized carbons (Fsp3) is 0.500.